The number of para-hydroxylation sites is 1. The van der Waals surface area contributed by atoms with E-state index in [9.17, 15) is 14.7 Å². The van der Waals surface area contributed by atoms with Crippen molar-refractivity contribution in [3.05, 3.63) is 64.8 Å². The molecule has 2 amide bonds. The summed E-state index contributed by atoms with van der Waals surface area (Å²) in [5.41, 5.74) is 5.47. The molecule has 7 heteroatoms. The summed E-state index contributed by atoms with van der Waals surface area (Å²) in [4.78, 5) is 37.9. The number of aromatic hydroxyl groups is 1. The van der Waals surface area contributed by atoms with E-state index in [1.807, 2.05) is 35.2 Å². The monoisotopic (exact) mass is 470 g/mol. The molecule has 1 N–H and O–H groups in total. The van der Waals surface area contributed by atoms with E-state index in [0.717, 1.165) is 77.9 Å². The number of rotatable bonds is 3. The Bertz CT molecular complexity index is 1320. The van der Waals surface area contributed by atoms with Crippen LogP contribution in [0, 0.1) is 0 Å². The second kappa shape index (κ2) is 8.96. The second-order valence-corrected chi connectivity index (χ2v) is 9.85. The number of carbonyl (C=O) groups is 2. The lowest BCUT2D eigenvalue weighted by atomic mass is 9.94. The lowest BCUT2D eigenvalue weighted by Crippen LogP contribution is -2.43. The van der Waals surface area contributed by atoms with Crippen LogP contribution >= 0.6 is 0 Å². The number of fused-ring (bicyclic) bond motifs is 3. The van der Waals surface area contributed by atoms with Crippen molar-refractivity contribution in [1.82, 2.24) is 14.8 Å². The van der Waals surface area contributed by atoms with Gasteiger partial charge in [0.1, 0.15) is 5.75 Å². The van der Waals surface area contributed by atoms with Gasteiger partial charge in [0.2, 0.25) is 5.91 Å². The van der Waals surface area contributed by atoms with Crippen molar-refractivity contribution in [3.8, 4) is 5.75 Å². The average molecular weight is 471 g/mol. The van der Waals surface area contributed by atoms with Crippen molar-refractivity contribution < 1.29 is 14.7 Å². The summed E-state index contributed by atoms with van der Waals surface area (Å²) in [7, 11) is 0. The van der Waals surface area contributed by atoms with Crippen molar-refractivity contribution in [1.29, 1.82) is 0 Å². The number of anilines is 1. The molecule has 3 aliphatic rings. The minimum atomic E-state index is 0.0236. The van der Waals surface area contributed by atoms with Gasteiger partial charge in [-0.1, -0.05) is 24.3 Å². The number of amides is 2. The van der Waals surface area contributed by atoms with Crippen molar-refractivity contribution >= 4 is 28.4 Å². The normalized spacial score (nSPS) is 17.9. The molecule has 3 aromatic rings. The van der Waals surface area contributed by atoms with E-state index in [-0.39, 0.29) is 24.1 Å². The number of benzene rings is 2. The number of hydrogen-bond donors (Lipinski definition) is 1. The molecule has 1 saturated heterocycles. The van der Waals surface area contributed by atoms with Crippen LogP contribution in [0.15, 0.2) is 42.5 Å². The molecule has 180 valence electrons. The Hall–Kier alpha value is -3.45. The molecule has 0 unspecified atom stereocenters. The Kier molecular flexibility index (Phi) is 5.65. The van der Waals surface area contributed by atoms with E-state index in [4.69, 9.17) is 4.98 Å². The van der Waals surface area contributed by atoms with E-state index in [1.165, 1.54) is 6.42 Å². The lowest BCUT2D eigenvalue weighted by Gasteiger charge is -2.33. The Balaban J connectivity index is 1.29. The van der Waals surface area contributed by atoms with Crippen molar-refractivity contribution in [2.45, 2.75) is 38.6 Å². The summed E-state index contributed by atoms with van der Waals surface area (Å²) in [6.07, 6.45) is 4.78. The highest BCUT2D eigenvalue weighted by Gasteiger charge is 2.31. The number of carbonyl (C=O) groups excluding carboxylic acids is 2. The van der Waals surface area contributed by atoms with Gasteiger partial charge in [0, 0.05) is 61.9 Å². The number of piperidine rings is 1. The third kappa shape index (κ3) is 4.04. The minimum absolute atomic E-state index is 0.0236. The van der Waals surface area contributed by atoms with Crippen molar-refractivity contribution in [2.75, 3.05) is 37.6 Å². The van der Waals surface area contributed by atoms with E-state index in [2.05, 4.69) is 4.90 Å². The van der Waals surface area contributed by atoms with Gasteiger partial charge in [-0.15, -0.1) is 0 Å². The fourth-order valence-electron chi connectivity index (χ4n) is 5.78. The average Bonchev–Trinajstić information content (AvgIpc) is 3.30. The number of pyridine rings is 1. The molecule has 0 atom stereocenters. The molecule has 0 spiro atoms. The molecule has 0 bridgehead atoms. The summed E-state index contributed by atoms with van der Waals surface area (Å²) < 4.78 is 0. The summed E-state index contributed by atoms with van der Waals surface area (Å²) >= 11 is 0. The summed E-state index contributed by atoms with van der Waals surface area (Å²) in [6, 6.07) is 13.2. The van der Waals surface area contributed by atoms with Gasteiger partial charge in [-0.2, -0.15) is 0 Å². The number of likely N-dealkylation sites (tertiary alicyclic amines) is 1. The predicted molar refractivity (Wildman–Crippen MR) is 135 cm³/mol. The van der Waals surface area contributed by atoms with E-state index in [0.29, 0.717) is 19.5 Å². The van der Waals surface area contributed by atoms with Crippen LogP contribution in [0.2, 0.25) is 0 Å². The van der Waals surface area contributed by atoms with Crippen LogP contribution in [-0.2, 0) is 24.2 Å². The topological polar surface area (TPSA) is 77.0 Å². The van der Waals surface area contributed by atoms with Crippen LogP contribution in [0.4, 0.5) is 5.69 Å². The molecular formula is C28H30N4O3. The molecule has 3 aliphatic heterocycles. The van der Waals surface area contributed by atoms with E-state index >= 15 is 0 Å². The Morgan fingerprint density at radius 2 is 1.77 bits per heavy atom. The number of hydrogen-bond acceptors (Lipinski definition) is 5. The highest BCUT2D eigenvalue weighted by atomic mass is 16.3. The van der Waals surface area contributed by atoms with Gasteiger partial charge in [0.05, 0.1) is 23.3 Å². The first kappa shape index (κ1) is 22.0. The quantitative estimate of drug-likeness (QED) is 0.634. The zero-order valence-corrected chi connectivity index (χ0v) is 19.9. The first-order valence-electron chi connectivity index (χ1n) is 12.6. The third-order valence-corrected chi connectivity index (χ3v) is 7.61. The number of phenols is 1. The largest absolute Gasteiger partial charge is 0.508 e. The number of nitrogens with zero attached hydrogens (tertiary/aromatic N) is 4. The second-order valence-electron chi connectivity index (χ2n) is 9.85. The minimum Gasteiger partial charge on any atom is -0.508 e. The lowest BCUT2D eigenvalue weighted by molar-refractivity contribution is -0.119. The molecule has 0 aliphatic carbocycles. The Morgan fingerprint density at radius 3 is 2.63 bits per heavy atom. The third-order valence-electron chi connectivity index (χ3n) is 7.61. The van der Waals surface area contributed by atoms with Gasteiger partial charge in [-0.05, 0) is 43.4 Å². The molecular weight excluding hydrogens is 440 g/mol. The van der Waals surface area contributed by atoms with Crippen LogP contribution in [0.1, 0.15) is 46.4 Å². The summed E-state index contributed by atoms with van der Waals surface area (Å²) in [5.74, 6) is 0.293. The molecule has 0 saturated carbocycles. The zero-order chi connectivity index (χ0) is 23.9. The predicted octanol–water partition coefficient (Wildman–Crippen LogP) is 3.51. The molecule has 7 nitrogen and oxygen atoms in total. The molecule has 0 radical (unpaired) electrons. The SMILES string of the molecule is O=C(c1c2c(nc3ccccc13)CCN(CC(=O)N1CCc3ccc(O)cc31)C2)N1CCCCC1. The van der Waals surface area contributed by atoms with Gasteiger partial charge < -0.3 is 14.9 Å². The highest BCUT2D eigenvalue weighted by molar-refractivity contribution is 6.07. The maximum absolute atomic E-state index is 13.8. The molecule has 1 fully saturated rings. The molecule has 4 heterocycles. The number of phenolic OH excluding ortho intramolecular Hbond substituents is 1. The fourth-order valence-corrected chi connectivity index (χ4v) is 5.78. The molecule has 35 heavy (non-hydrogen) atoms. The Morgan fingerprint density at radius 1 is 0.943 bits per heavy atom. The number of aromatic nitrogens is 1. The van der Waals surface area contributed by atoms with Gasteiger partial charge in [-0.3, -0.25) is 19.5 Å². The molecule has 6 rings (SSSR count). The van der Waals surface area contributed by atoms with Crippen molar-refractivity contribution in [3.63, 3.8) is 0 Å². The summed E-state index contributed by atoms with van der Waals surface area (Å²) in [5, 5.41) is 10.8. The maximum Gasteiger partial charge on any atom is 0.254 e. The van der Waals surface area contributed by atoms with Crippen LogP contribution in [0.25, 0.3) is 10.9 Å². The Labute approximate surface area is 205 Å². The van der Waals surface area contributed by atoms with Gasteiger partial charge in [0.25, 0.3) is 5.91 Å². The van der Waals surface area contributed by atoms with Crippen molar-refractivity contribution in [2.24, 2.45) is 0 Å². The van der Waals surface area contributed by atoms with E-state index in [1.54, 1.807) is 17.0 Å². The van der Waals surface area contributed by atoms with Crippen LogP contribution < -0.4 is 4.90 Å². The van der Waals surface area contributed by atoms with Gasteiger partial charge in [-0.25, -0.2) is 0 Å². The first-order chi connectivity index (χ1) is 17.1. The molecule has 1 aromatic heterocycles. The highest BCUT2D eigenvalue weighted by Crippen LogP contribution is 2.33. The first-order valence-corrected chi connectivity index (χ1v) is 12.6. The standard InChI is InChI=1S/C28H30N4O3/c33-20-9-8-19-10-15-32(25(19)16-20)26(34)18-30-14-11-24-22(17-30)27(21-6-2-3-7-23(21)29-24)28(35)31-12-4-1-5-13-31/h2-3,6-9,16,33H,1,4-5,10-15,17-18H2. The van der Waals surface area contributed by atoms with Gasteiger partial charge in [0.15, 0.2) is 0 Å². The van der Waals surface area contributed by atoms with Crippen LogP contribution in [0.5, 0.6) is 5.75 Å². The smallest absolute Gasteiger partial charge is 0.254 e. The van der Waals surface area contributed by atoms with Crippen LogP contribution in [0.3, 0.4) is 0 Å². The summed E-state index contributed by atoms with van der Waals surface area (Å²) in [6.45, 7) is 3.77. The fraction of sp³-hybridized carbons (Fsp3) is 0.393. The van der Waals surface area contributed by atoms with Crippen LogP contribution in [-0.4, -0.2) is 64.4 Å². The zero-order valence-electron chi connectivity index (χ0n) is 19.9. The van der Waals surface area contributed by atoms with E-state index < -0.39 is 0 Å². The molecule has 2 aromatic carbocycles. The maximum atomic E-state index is 13.8. The van der Waals surface area contributed by atoms with Gasteiger partial charge >= 0.3 is 0 Å².